The van der Waals surface area contributed by atoms with Crippen LogP contribution in [-0.2, 0) is 9.47 Å². The Morgan fingerprint density at radius 1 is 1.33 bits per heavy atom. The van der Waals surface area contributed by atoms with E-state index in [4.69, 9.17) is 14.6 Å². The Morgan fingerprint density at radius 2 is 2.07 bits per heavy atom. The molecule has 2 rings (SSSR count). The summed E-state index contributed by atoms with van der Waals surface area (Å²) in [4.78, 5) is 0. The Balaban J connectivity index is 1.98. The van der Waals surface area contributed by atoms with Crippen LogP contribution in [0.2, 0.25) is 0 Å². The van der Waals surface area contributed by atoms with Crippen LogP contribution in [0.3, 0.4) is 0 Å². The molecule has 1 aliphatic rings. The van der Waals surface area contributed by atoms with Gasteiger partial charge in [-0.3, -0.25) is 0 Å². The number of hydrogen-bond acceptors (Lipinski definition) is 3. The first-order valence-corrected chi connectivity index (χ1v) is 4.93. The van der Waals surface area contributed by atoms with Crippen molar-refractivity contribution in [1.82, 2.24) is 0 Å². The van der Waals surface area contributed by atoms with Crippen molar-refractivity contribution < 1.29 is 19.0 Å². The smallest absolute Gasteiger partial charge is 0.184 e. The third kappa shape index (κ3) is 2.53. The lowest BCUT2D eigenvalue weighted by Crippen LogP contribution is -2.11. The molecule has 1 aromatic carbocycles. The first-order chi connectivity index (χ1) is 7.29. The molecule has 0 saturated carbocycles. The maximum atomic E-state index is 12.7. The highest BCUT2D eigenvalue weighted by molar-refractivity contribution is 5.17. The average Bonchev–Trinajstić information content (AvgIpc) is 2.68. The molecule has 0 spiro atoms. The van der Waals surface area contributed by atoms with E-state index in [0.717, 1.165) is 5.56 Å². The van der Waals surface area contributed by atoms with Gasteiger partial charge in [-0.2, -0.15) is 0 Å². The quantitative estimate of drug-likeness (QED) is 0.827. The van der Waals surface area contributed by atoms with Crippen LogP contribution in [0.4, 0.5) is 4.39 Å². The number of ether oxygens (including phenoxy) is 2. The van der Waals surface area contributed by atoms with E-state index in [2.05, 4.69) is 0 Å². The van der Waals surface area contributed by atoms with E-state index in [0.29, 0.717) is 13.0 Å². The van der Waals surface area contributed by atoms with Crippen molar-refractivity contribution >= 4 is 0 Å². The third-order valence-electron chi connectivity index (χ3n) is 2.34. The highest BCUT2D eigenvalue weighted by atomic mass is 19.1. The normalized spacial score (nSPS) is 25.7. The van der Waals surface area contributed by atoms with Crippen molar-refractivity contribution in [2.75, 3.05) is 13.2 Å². The molecule has 1 aromatic rings. The van der Waals surface area contributed by atoms with Crippen molar-refractivity contribution in [3.05, 3.63) is 35.6 Å². The number of rotatable bonds is 3. The van der Waals surface area contributed by atoms with E-state index in [1.54, 1.807) is 12.1 Å². The maximum Gasteiger partial charge on any atom is 0.184 e. The second-order valence-electron chi connectivity index (χ2n) is 3.49. The Labute approximate surface area is 87.4 Å². The van der Waals surface area contributed by atoms with E-state index in [1.165, 1.54) is 12.1 Å². The zero-order valence-electron chi connectivity index (χ0n) is 8.23. The topological polar surface area (TPSA) is 38.7 Å². The highest BCUT2D eigenvalue weighted by Crippen LogP contribution is 2.27. The first-order valence-electron chi connectivity index (χ1n) is 4.93. The second kappa shape index (κ2) is 4.70. The standard InChI is InChI=1S/C11H13FO3/c12-9-3-1-8(2-4-9)11-14-7-10(15-11)5-6-13/h1-4,10-11,13H,5-7H2. The minimum absolute atomic E-state index is 0.0648. The molecular weight excluding hydrogens is 199 g/mol. The van der Waals surface area contributed by atoms with Gasteiger partial charge in [0.1, 0.15) is 5.82 Å². The van der Waals surface area contributed by atoms with E-state index in [9.17, 15) is 4.39 Å². The summed E-state index contributed by atoms with van der Waals surface area (Å²) in [6, 6.07) is 6.03. The molecule has 2 atom stereocenters. The van der Waals surface area contributed by atoms with Crippen molar-refractivity contribution in [3.63, 3.8) is 0 Å². The molecule has 0 radical (unpaired) electrons. The Morgan fingerprint density at radius 3 is 2.73 bits per heavy atom. The van der Waals surface area contributed by atoms with E-state index in [-0.39, 0.29) is 18.5 Å². The zero-order valence-corrected chi connectivity index (χ0v) is 8.23. The van der Waals surface area contributed by atoms with Crippen LogP contribution < -0.4 is 0 Å². The van der Waals surface area contributed by atoms with Crippen LogP contribution >= 0.6 is 0 Å². The summed E-state index contributed by atoms with van der Waals surface area (Å²) in [5, 5.41) is 8.73. The molecule has 0 amide bonds. The molecule has 1 heterocycles. The Hall–Kier alpha value is -0.970. The third-order valence-corrected chi connectivity index (χ3v) is 2.34. The summed E-state index contributed by atoms with van der Waals surface area (Å²) in [7, 11) is 0. The molecule has 0 aliphatic carbocycles. The van der Waals surface area contributed by atoms with E-state index in [1.807, 2.05) is 0 Å². The minimum atomic E-state index is -0.429. The van der Waals surface area contributed by atoms with Crippen LogP contribution in [0, 0.1) is 5.82 Å². The lowest BCUT2D eigenvalue weighted by Gasteiger charge is -2.10. The van der Waals surface area contributed by atoms with Crippen LogP contribution in [0.1, 0.15) is 18.3 Å². The number of halogens is 1. The minimum Gasteiger partial charge on any atom is -0.396 e. The molecule has 1 aliphatic heterocycles. The van der Waals surface area contributed by atoms with Crippen molar-refractivity contribution in [2.45, 2.75) is 18.8 Å². The lowest BCUT2D eigenvalue weighted by atomic mass is 10.2. The van der Waals surface area contributed by atoms with Gasteiger partial charge in [-0.05, 0) is 18.6 Å². The average molecular weight is 212 g/mol. The van der Waals surface area contributed by atoms with E-state index >= 15 is 0 Å². The molecule has 15 heavy (non-hydrogen) atoms. The molecule has 0 aromatic heterocycles. The summed E-state index contributed by atoms with van der Waals surface area (Å²) >= 11 is 0. The van der Waals surface area contributed by atoms with Gasteiger partial charge in [0.2, 0.25) is 0 Å². The van der Waals surface area contributed by atoms with Crippen LogP contribution in [-0.4, -0.2) is 24.4 Å². The largest absolute Gasteiger partial charge is 0.396 e. The molecule has 82 valence electrons. The van der Waals surface area contributed by atoms with Gasteiger partial charge in [-0.25, -0.2) is 4.39 Å². The van der Waals surface area contributed by atoms with Gasteiger partial charge in [-0.1, -0.05) is 12.1 Å². The van der Waals surface area contributed by atoms with Gasteiger partial charge < -0.3 is 14.6 Å². The molecular formula is C11H13FO3. The molecule has 3 nitrogen and oxygen atoms in total. The SMILES string of the molecule is OCCC1COC(c2ccc(F)cc2)O1. The second-order valence-corrected chi connectivity index (χ2v) is 3.49. The summed E-state index contributed by atoms with van der Waals surface area (Å²) in [5.74, 6) is -0.274. The predicted octanol–water partition coefficient (Wildman–Crippen LogP) is 1.62. The summed E-state index contributed by atoms with van der Waals surface area (Å²) in [6.45, 7) is 0.562. The molecule has 2 unspecified atom stereocenters. The maximum absolute atomic E-state index is 12.7. The fraction of sp³-hybridized carbons (Fsp3) is 0.455. The van der Waals surface area contributed by atoms with Gasteiger partial charge in [0.05, 0.1) is 12.7 Å². The number of benzene rings is 1. The summed E-state index contributed by atoms with van der Waals surface area (Å²) < 4.78 is 23.6. The fourth-order valence-electron chi connectivity index (χ4n) is 1.54. The zero-order chi connectivity index (χ0) is 10.7. The van der Waals surface area contributed by atoms with Crippen LogP contribution in [0.15, 0.2) is 24.3 Å². The van der Waals surface area contributed by atoms with Gasteiger partial charge in [0, 0.05) is 12.2 Å². The fourth-order valence-corrected chi connectivity index (χ4v) is 1.54. The summed E-state index contributed by atoms with van der Waals surface area (Å²) in [5.41, 5.74) is 0.803. The molecule has 1 fully saturated rings. The molecule has 1 N–H and O–H groups in total. The summed E-state index contributed by atoms with van der Waals surface area (Å²) in [6.07, 6.45) is 0.0738. The van der Waals surface area contributed by atoms with Gasteiger partial charge in [0.15, 0.2) is 6.29 Å². The highest BCUT2D eigenvalue weighted by Gasteiger charge is 2.26. The number of aliphatic hydroxyl groups is 1. The van der Waals surface area contributed by atoms with Gasteiger partial charge in [-0.15, -0.1) is 0 Å². The van der Waals surface area contributed by atoms with Crippen molar-refractivity contribution in [3.8, 4) is 0 Å². The van der Waals surface area contributed by atoms with Crippen molar-refractivity contribution in [1.29, 1.82) is 0 Å². The van der Waals surface area contributed by atoms with Gasteiger partial charge >= 0.3 is 0 Å². The lowest BCUT2D eigenvalue weighted by molar-refractivity contribution is -0.0627. The molecule has 0 bridgehead atoms. The van der Waals surface area contributed by atoms with Crippen LogP contribution in [0.5, 0.6) is 0 Å². The molecule has 4 heteroatoms. The monoisotopic (exact) mass is 212 g/mol. The van der Waals surface area contributed by atoms with E-state index < -0.39 is 6.29 Å². The Bertz CT molecular complexity index is 312. The van der Waals surface area contributed by atoms with Gasteiger partial charge in [0.25, 0.3) is 0 Å². The van der Waals surface area contributed by atoms with Crippen LogP contribution in [0.25, 0.3) is 0 Å². The molecule has 1 saturated heterocycles. The first kappa shape index (κ1) is 10.5. The number of hydrogen-bond donors (Lipinski definition) is 1. The van der Waals surface area contributed by atoms with Crippen molar-refractivity contribution in [2.24, 2.45) is 0 Å². The number of aliphatic hydroxyl groups excluding tert-OH is 1. The predicted molar refractivity (Wildman–Crippen MR) is 51.7 cm³/mol. The Kier molecular flexibility index (Phi) is 3.30.